The van der Waals surface area contributed by atoms with E-state index in [-0.39, 0.29) is 0 Å². The van der Waals surface area contributed by atoms with Crippen LogP contribution in [-0.4, -0.2) is 4.57 Å². The Balaban J connectivity index is 0.965. The Kier molecular flexibility index (Phi) is 9.77. The number of nitrogens with zero attached hydrogens (tertiary/aromatic N) is 2. The number of hydrogen-bond acceptors (Lipinski definition) is 1. The normalized spacial score (nSPS) is 12.5. The molecule has 13 rings (SSSR count). The van der Waals surface area contributed by atoms with Crippen molar-refractivity contribution in [2.75, 3.05) is 4.90 Å². The maximum absolute atomic E-state index is 2.46. The van der Waals surface area contributed by atoms with Crippen LogP contribution in [0.5, 0.6) is 0 Å². The van der Waals surface area contributed by atoms with Gasteiger partial charge in [-0.3, -0.25) is 0 Å². The average molecular weight is 879 g/mol. The van der Waals surface area contributed by atoms with E-state index >= 15 is 0 Å². The summed E-state index contributed by atoms with van der Waals surface area (Å²) < 4.78 is 2.38. The van der Waals surface area contributed by atoms with Gasteiger partial charge in [-0.2, -0.15) is 0 Å². The van der Waals surface area contributed by atoms with E-state index in [9.17, 15) is 0 Å². The van der Waals surface area contributed by atoms with Gasteiger partial charge >= 0.3 is 0 Å². The molecule has 0 atom stereocenters. The van der Waals surface area contributed by atoms with Crippen molar-refractivity contribution >= 4 is 38.9 Å². The highest BCUT2D eigenvalue weighted by Gasteiger charge is 2.46. The minimum Gasteiger partial charge on any atom is -0.310 e. The molecule has 0 bridgehead atoms. The van der Waals surface area contributed by atoms with Crippen LogP contribution in [0.3, 0.4) is 0 Å². The number of rotatable bonds is 9. The Hall–Kier alpha value is -8.98. The van der Waals surface area contributed by atoms with Crippen LogP contribution in [0.15, 0.2) is 279 Å². The van der Waals surface area contributed by atoms with Crippen LogP contribution < -0.4 is 4.90 Å². The molecule has 1 aliphatic carbocycles. The van der Waals surface area contributed by atoms with E-state index in [1.807, 2.05) is 0 Å². The molecule has 0 radical (unpaired) electrons. The lowest BCUT2D eigenvalue weighted by Gasteiger charge is -2.35. The highest BCUT2D eigenvalue weighted by atomic mass is 15.1. The SMILES string of the molecule is c1ccc(-c2cccc(N(c3cccc(-c4cccc(-c5ccc6c(c5)c5ccccc5n6-c5ccccc5)c4)c3)c3ccc4c(c3)C(c3ccccc3)(c3ccccc3)c3ccccc3-4)c2)cc1. The lowest BCUT2D eigenvalue weighted by Crippen LogP contribution is -2.28. The second-order valence-electron chi connectivity index (χ2n) is 18.1. The smallest absolute Gasteiger partial charge is 0.0714 e. The Morgan fingerprint density at radius 1 is 0.275 bits per heavy atom. The predicted octanol–water partition coefficient (Wildman–Crippen LogP) is 17.6. The third-order valence-electron chi connectivity index (χ3n) is 14.2. The first-order chi connectivity index (χ1) is 34.2. The van der Waals surface area contributed by atoms with Crippen LogP contribution in [0.2, 0.25) is 0 Å². The standard InChI is InChI=1S/C67H46N2/c1-5-20-47(21-6-1)50-24-18-32-56(43-50)68(58-39-40-60-59-34-13-15-36-63(59)67(64(60)46-58,53-26-7-2-8-27-53)54-28-9-3-10-29-54)57-33-19-25-51(44-57)48-22-17-23-49(42-48)52-38-41-66-62(45-52)61-35-14-16-37-65(61)69(66)55-30-11-4-12-31-55/h1-46H. The Morgan fingerprint density at radius 3 is 1.43 bits per heavy atom. The lowest BCUT2D eigenvalue weighted by atomic mass is 9.67. The van der Waals surface area contributed by atoms with Gasteiger partial charge in [0.1, 0.15) is 0 Å². The van der Waals surface area contributed by atoms with Crippen LogP contribution in [0, 0.1) is 0 Å². The van der Waals surface area contributed by atoms with Gasteiger partial charge in [-0.1, -0.05) is 206 Å². The second kappa shape index (κ2) is 16.7. The van der Waals surface area contributed by atoms with Crippen molar-refractivity contribution in [2.45, 2.75) is 5.41 Å². The molecule has 11 aromatic carbocycles. The molecule has 324 valence electrons. The van der Waals surface area contributed by atoms with Gasteiger partial charge in [-0.15, -0.1) is 0 Å². The van der Waals surface area contributed by atoms with Gasteiger partial charge in [0.2, 0.25) is 0 Å². The van der Waals surface area contributed by atoms with Gasteiger partial charge < -0.3 is 9.47 Å². The van der Waals surface area contributed by atoms with Crippen molar-refractivity contribution in [2.24, 2.45) is 0 Å². The zero-order valence-electron chi connectivity index (χ0n) is 38.0. The molecule has 2 heteroatoms. The second-order valence-corrected chi connectivity index (χ2v) is 18.1. The first-order valence-corrected chi connectivity index (χ1v) is 23.8. The third-order valence-corrected chi connectivity index (χ3v) is 14.2. The van der Waals surface area contributed by atoms with E-state index in [1.54, 1.807) is 0 Å². The molecule has 69 heavy (non-hydrogen) atoms. The number of fused-ring (bicyclic) bond motifs is 6. The summed E-state index contributed by atoms with van der Waals surface area (Å²) >= 11 is 0. The quantitative estimate of drug-likeness (QED) is 0.140. The molecule has 1 aliphatic rings. The number of hydrogen-bond donors (Lipinski definition) is 0. The summed E-state index contributed by atoms with van der Waals surface area (Å²) in [6, 6.07) is 102. The molecule has 0 spiro atoms. The molecule has 2 nitrogen and oxygen atoms in total. The summed E-state index contributed by atoms with van der Waals surface area (Å²) in [5.41, 5.74) is 21.0. The summed E-state index contributed by atoms with van der Waals surface area (Å²) in [4.78, 5) is 2.44. The Bertz CT molecular complexity index is 3790. The monoisotopic (exact) mass is 878 g/mol. The fourth-order valence-electron chi connectivity index (χ4n) is 11.2. The molecular formula is C67H46N2. The minimum absolute atomic E-state index is 0.524. The largest absolute Gasteiger partial charge is 0.310 e. The van der Waals surface area contributed by atoms with E-state index in [4.69, 9.17) is 0 Å². The minimum atomic E-state index is -0.524. The molecule has 0 saturated heterocycles. The van der Waals surface area contributed by atoms with Crippen LogP contribution in [0.25, 0.3) is 72.0 Å². The molecule has 12 aromatic rings. The Morgan fingerprint density at radius 2 is 0.754 bits per heavy atom. The number of anilines is 3. The maximum atomic E-state index is 2.46. The zero-order chi connectivity index (χ0) is 45.7. The first kappa shape index (κ1) is 40.3. The van der Waals surface area contributed by atoms with Crippen molar-refractivity contribution in [3.63, 3.8) is 0 Å². The van der Waals surface area contributed by atoms with Gasteiger partial charge in [0, 0.05) is 33.5 Å². The van der Waals surface area contributed by atoms with E-state index in [0.717, 1.165) is 33.9 Å². The number of aromatic nitrogens is 1. The van der Waals surface area contributed by atoms with Crippen LogP contribution in [-0.2, 0) is 5.41 Å². The highest BCUT2D eigenvalue weighted by molar-refractivity contribution is 6.10. The molecule has 0 aliphatic heterocycles. The van der Waals surface area contributed by atoms with Crippen molar-refractivity contribution in [1.82, 2.24) is 4.57 Å². The zero-order valence-corrected chi connectivity index (χ0v) is 38.0. The predicted molar refractivity (Wildman–Crippen MR) is 289 cm³/mol. The fourth-order valence-corrected chi connectivity index (χ4v) is 11.2. The number of benzene rings is 11. The van der Waals surface area contributed by atoms with E-state index in [1.165, 1.54) is 77.4 Å². The molecular weight excluding hydrogens is 833 g/mol. The van der Waals surface area contributed by atoms with Gasteiger partial charge in [-0.05, 0) is 140 Å². The topological polar surface area (TPSA) is 8.17 Å². The molecule has 0 saturated carbocycles. The van der Waals surface area contributed by atoms with Crippen molar-refractivity contribution in [3.8, 4) is 50.2 Å². The van der Waals surface area contributed by atoms with Crippen LogP contribution in [0.1, 0.15) is 22.3 Å². The first-order valence-electron chi connectivity index (χ1n) is 23.8. The summed E-state index contributed by atoms with van der Waals surface area (Å²) in [6.07, 6.45) is 0. The summed E-state index contributed by atoms with van der Waals surface area (Å²) in [5, 5.41) is 2.49. The summed E-state index contributed by atoms with van der Waals surface area (Å²) in [6.45, 7) is 0. The van der Waals surface area contributed by atoms with Crippen molar-refractivity contribution in [1.29, 1.82) is 0 Å². The van der Waals surface area contributed by atoms with Crippen LogP contribution >= 0.6 is 0 Å². The number of para-hydroxylation sites is 2. The van der Waals surface area contributed by atoms with Crippen LogP contribution in [0.4, 0.5) is 17.1 Å². The molecule has 0 N–H and O–H groups in total. The van der Waals surface area contributed by atoms with Gasteiger partial charge in [-0.25, -0.2) is 0 Å². The summed E-state index contributed by atoms with van der Waals surface area (Å²) in [5.74, 6) is 0. The van der Waals surface area contributed by atoms with Gasteiger partial charge in [0.15, 0.2) is 0 Å². The maximum Gasteiger partial charge on any atom is 0.0714 e. The Labute approximate surface area is 403 Å². The average Bonchev–Trinajstić information content (AvgIpc) is 3.92. The fraction of sp³-hybridized carbons (Fsp3) is 0.0149. The molecule has 0 unspecified atom stereocenters. The third kappa shape index (κ3) is 6.72. The molecule has 0 amide bonds. The van der Waals surface area contributed by atoms with E-state index < -0.39 is 5.41 Å². The molecule has 0 fully saturated rings. The van der Waals surface area contributed by atoms with Gasteiger partial charge in [0.25, 0.3) is 0 Å². The highest BCUT2D eigenvalue weighted by Crippen LogP contribution is 2.57. The summed E-state index contributed by atoms with van der Waals surface area (Å²) in [7, 11) is 0. The molecule has 1 heterocycles. The molecule has 1 aromatic heterocycles. The van der Waals surface area contributed by atoms with Crippen molar-refractivity contribution in [3.05, 3.63) is 301 Å². The van der Waals surface area contributed by atoms with E-state index in [0.29, 0.717) is 0 Å². The van der Waals surface area contributed by atoms with Gasteiger partial charge in [0.05, 0.1) is 16.4 Å². The lowest BCUT2D eigenvalue weighted by molar-refractivity contribution is 0.768. The van der Waals surface area contributed by atoms with E-state index in [2.05, 4.69) is 289 Å². The van der Waals surface area contributed by atoms with Crippen molar-refractivity contribution < 1.29 is 0 Å².